The fourth-order valence-electron chi connectivity index (χ4n) is 3.71. The van der Waals surface area contributed by atoms with Crippen LogP contribution in [0.4, 0.5) is 0 Å². The first-order valence-electron chi connectivity index (χ1n) is 9.33. The van der Waals surface area contributed by atoms with E-state index in [-0.39, 0.29) is 0 Å². The molecule has 1 atom stereocenters. The van der Waals surface area contributed by atoms with Gasteiger partial charge in [-0.2, -0.15) is 5.26 Å². The molecular formula is C22H24N4O. The Morgan fingerprint density at radius 2 is 1.85 bits per heavy atom. The number of rotatable bonds is 3. The number of hydrogen-bond donors (Lipinski definition) is 2. The first kappa shape index (κ1) is 17.7. The highest BCUT2D eigenvalue weighted by Crippen LogP contribution is 2.31. The Kier molecular flexibility index (Phi) is 4.95. The number of hydrogen-bond acceptors (Lipinski definition) is 5. The third-order valence-electron chi connectivity index (χ3n) is 5.40. The Labute approximate surface area is 160 Å². The number of nitriles is 1. The molecular weight excluding hydrogens is 336 g/mol. The van der Waals surface area contributed by atoms with E-state index in [9.17, 15) is 10.4 Å². The Hall–Kier alpha value is -2.65. The van der Waals surface area contributed by atoms with Gasteiger partial charge in [-0.3, -0.25) is 4.90 Å². The molecule has 0 bridgehead atoms. The lowest BCUT2D eigenvalue weighted by atomic mass is 9.94. The summed E-state index contributed by atoms with van der Waals surface area (Å²) in [5, 5.41) is 22.9. The summed E-state index contributed by atoms with van der Waals surface area (Å²) in [6.45, 7) is 5.40. The Morgan fingerprint density at radius 1 is 1.11 bits per heavy atom. The van der Waals surface area contributed by atoms with E-state index in [1.54, 1.807) is 12.1 Å². The molecule has 2 aromatic rings. The van der Waals surface area contributed by atoms with Crippen molar-refractivity contribution in [3.8, 4) is 6.07 Å². The van der Waals surface area contributed by atoms with E-state index >= 15 is 0 Å². The zero-order chi connectivity index (χ0) is 18.8. The monoisotopic (exact) mass is 360 g/mol. The molecule has 1 fully saturated rings. The molecule has 2 aliphatic rings. The summed E-state index contributed by atoms with van der Waals surface area (Å²) < 4.78 is 0. The molecule has 2 aliphatic heterocycles. The van der Waals surface area contributed by atoms with Crippen LogP contribution < -0.4 is 5.32 Å². The van der Waals surface area contributed by atoms with Gasteiger partial charge >= 0.3 is 0 Å². The first-order valence-corrected chi connectivity index (χ1v) is 9.33. The van der Waals surface area contributed by atoms with Gasteiger partial charge in [0, 0.05) is 49.5 Å². The van der Waals surface area contributed by atoms with Crippen LogP contribution >= 0.6 is 0 Å². The lowest BCUT2D eigenvalue weighted by Crippen LogP contribution is -2.43. The average molecular weight is 360 g/mol. The Morgan fingerprint density at radius 3 is 2.56 bits per heavy atom. The molecule has 1 unspecified atom stereocenters. The molecule has 2 N–H and O–H groups in total. The SMILES string of the molecule is CN1CCN(Cc2ccc(C3=Cc4c(C#N)cccc4C(O)N3)cc2)CC1. The minimum absolute atomic E-state index is 0.581. The van der Waals surface area contributed by atoms with Gasteiger partial charge in [-0.05, 0) is 30.3 Å². The second-order valence-corrected chi connectivity index (χ2v) is 7.30. The fraction of sp³-hybridized carbons (Fsp3) is 0.318. The molecule has 0 aromatic heterocycles. The summed E-state index contributed by atoms with van der Waals surface area (Å²) in [5.74, 6) is 0. The van der Waals surface area contributed by atoms with Crippen molar-refractivity contribution >= 4 is 11.8 Å². The van der Waals surface area contributed by atoms with E-state index < -0.39 is 6.23 Å². The van der Waals surface area contributed by atoms with Crippen molar-refractivity contribution < 1.29 is 5.11 Å². The number of aliphatic hydroxyl groups excluding tert-OH is 1. The lowest BCUT2D eigenvalue weighted by molar-refractivity contribution is 0.148. The van der Waals surface area contributed by atoms with Gasteiger partial charge in [0.15, 0.2) is 6.23 Å². The largest absolute Gasteiger partial charge is 0.369 e. The highest BCUT2D eigenvalue weighted by atomic mass is 16.3. The summed E-state index contributed by atoms with van der Waals surface area (Å²) in [5.41, 5.74) is 5.25. The highest BCUT2D eigenvalue weighted by molar-refractivity contribution is 5.85. The van der Waals surface area contributed by atoms with Crippen LogP contribution in [0.2, 0.25) is 0 Å². The third kappa shape index (κ3) is 3.74. The summed E-state index contributed by atoms with van der Waals surface area (Å²) in [6.07, 6.45) is 1.15. The first-order chi connectivity index (χ1) is 13.1. The molecule has 0 saturated carbocycles. The third-order valence-corrected chi connectivity index (χ3v) is 5.40. The van der Waals surface area contributed by atoms with Crippen LogP contribution in [0.25, 0.3) is 11.8 Å². The van der Waals surface area contributed by atoms with Crippen molar-refractivity contribution in [1.29, 1.82) is 5.26 Å². The molecule has 2 heterocycles. The smallest absolute Gasteiger partial charge is 0.151 e. The number of nitrogens with one attached hydrogen (secondary N) is 1. The molecule has 27 heavy (non-hydrogen) atoms. The van der Waals surface area contributed by atoms with Crippen molar-refractivity contribution in [2.24, 2.45) is 0 Å². The number of aliphatic hydroxyl groups is 1. The van der Waals surface area contributed by atoms with E-state index in [2.05, 4.69) is 52.5 Å². The van der Waals surface area contributed by atoms with Gasteiger partial charge in [0.05, 0.1) is 11.6 Å². The van der Waals surface area contributed by atoms with Gasteiger partial charge < -0.3 is 15.3 Å². The molecule has 138 valence electrons. The summed E-state index contributed by atoms with van der Waals surface area (Å²) >= 11 is 0. The molecule has 0 aliphatic carbocycles. The maximum atomic E-state index is 10.4. The van der Waals surface area contributed by atoms with E-state index in [0.29, 0.717) is 5.56 Å². The van der Waals surface area contributed by atoms with Crippen LogP contribution in [0.15, 0.2) is 42.5 Å². The lowest BCUT2D eigenvalue weighted by Gasteiger charge is -2.32. The summed E-state index contributed by atoms with van der Waals surface area (Å²) in [6, 6.07) is 16.1. The maximum Gasteiger partial charge on any atom is 0.151 e. The van der Waals surface area contributed by atoms with Gasteiger partial charge in [-0.1, -0.05) is 36.4 Å². The standard InChI is InChI=1S/C22H24N4O/c1-25-9-11-26(12-10-25)15-16-5-7-17(8-6-16)21-13-20-18(14-23)3-2-4-19(20)22(27)24-21/h2-8,13,22,24,27H,9-12,15H2,1H3. The normalized spacial score (nSPS) is 20.3. The maximum absolute atomic E-state index is 10.4. The highest BCUT2D eigenvalue weighted by Gasteiger charge is 2.21. The molecule has 0 spiro atoms. The minimum Gasteiger partial charge on any atom is -0.369 e. The number of nitrogens with zero attached hydrogens (tertiary/aromatic N) is 3. The molecule has 2 aromatic carbocycles. The zero-order valence-corrected chi connectivity index (χ0v) is 15.5. The number of benzene rings is 2. The molecule has 4 rings (SSSR count). The van der Waals surface area contributed by atoms with Crippen LogP contribution in [-0.2, 0) is 6.54 Å². The molecule has 5 heteroatoms. The average Bonchev–Trinajstić information content (AvgIpc) is 2.70. The predicted octanol–water partition coefficient (Wildman–Crippen LogP) is 2.40. The van der Waals surface area contributed by atoms with Gasteiger partial charge in [0.1, 0.15) is 0 Å². The van der Waals surface area contributed by atoms with Gasteiger partial charge in [0.25, 0.3) is 0 Å². The number of piperazine rings is 1. The second-order valence-electron chi connectivity index (χ2n) is 7.30. The zero-order valence-electron chi connectivity index (χ0n) is 15.5. The van der Waals surface area contributed by atoms with Crippen molar-refractivity contribution in [3.63, 3.8) is 0 Å². The number of fused-ring (bicyclic) bond motifs is 1. The van der Waals surface area contributed by atoms with Crippen LogP contribution in [0.1, 0.15) is 34.0 Å². The summed E-state index contributed by atoms with van der Waals surface area (Å²) in [7, 11) is 2.17. The van der Waals surface area contributed by atoms with E-state index in [1.165, 1.54) is 5.56 Å². The second kappa shape index (κ2) is 7.53. The quantitative estimate of drug-likeness (QED) is 0.880. The van der Waals surface area contributed by atoms with Crippen LogP contribution in [0.3, 0.4) is 0 Å². The Bertz CT molecular complexity index is 890. The van der Waals surface area contributed by atoms with Crippen molar-refractivity contribution in [2.75, 3.05) is 33.2 Å². The predicted molar refractivity (Wildman–Crippen MR) is 106 cm³/mol. The van der Waals surface area contributed by atoms with E-state index in [0.717, 1.165) is 55.1 Å². The van der Waals surface area contributed by atoms with Crippen LogP contribution in [-0.4, -0.2) is 48.1 Å². The molecule has 0 amide bonds. The Balaban J connectivity index is 1.54. The van der Waals surface area contributed by atoms with E-state index in [4.69, 9.17) is 0 Å². The summed E-state index contributed by atoms with van der Waals surface area (Å²) in [4.78, 5) is 4.84. The topological polar surface area (TPSA) is 62.5 Å². The number of likely N-dealkylation sites (N-methyl/N-ethyl adjacent to an activating group) is 1. The molecule has 0 radical (unpaired) electrons. The van der Waals surface area contributed by atoms with Crippen molar-refractivity contribution in [1.82, 2.24) is 15.1 Å². The van der Waals surface area contributed by atoms with E-state index in [1.807, 2.05) is 12.1 Å². The van der Waals surface area contributed by atoms with Crippen molar-refractivity contribution in [3.05, 3.63) is 70.3 Å². The van der Waals surface area contributed by atoms with Crippen molar-refractivity contribution in [2.45, 2.75) is 12.8 Å². The molecule has 5 nitrogen and oxygen atoms in total. The van der Waals surface area contributed by atoms with Gasteiger partial charge in [-0.25, -0.2) is 0 Å². The minimum atomic E-state index is -0.807. The van der Waals surface area contributed by atoms with Crippen LogP contribution in [0, 0.1) is 11.3 Å². The fourth-order valence-corrected chi connectivity index (χ4v) is 3.71. The molecule has 1 saturated heterocycles. The van der Waals surface area contributed by atoms with Gasteiger partial charge in [0.2, 0.25) is 0 Å². The van der Waals surface area contributed by atoms with Gasteiger partial charge in [-0.15, -0.1) is 0 Å². The van der Waals surface area contributed by atoms with Crippen LogP contribution in [0.5, 0.6) is 0 Å².